The van der Waals surface area contributed by atoms with Crippen LogP contribution >= 0.6 is 11.8 Å². The number of rotatable bonds is 7. The van der Waals surface area contributed by atoms with Gasteiger partial charge in [0, 0.05) is 12.9 Å². The normalized spacial score (nSPS) is 10.5. The number of thioether (sulfide) groups is 1. The molecule has 0 unspecified atom stereocenters. The van der Waals surface area contributed by atoms with Gasteiger partial charge in [-0.15, -0.1) is 5.10 Å². The molecule has 0 N–H and O–H groups in total. The van der Waals surface area contributed by atoms with Gasteiger partial charge in [0.05, 0.1) is 18.8 Å². The van der Waals surface area contributed by atoms with Gasteiger partial charge in [-0.2, -0.15) is 11.8 Å². The van der Waals surface area contributed by atoms with E-state index >= 15 is 0 Å². The lowest BCUT2D eigenvalue weighted by molar-refractivity contribution is 0.0380. The van der Waals surface area contributed by atoms with Crippen LogP contribution in [0.3, 0.4) is 0 Å². The molecule has 1 aromatic rings. The maximum Gasteiger partial charge on any atom is 0.360 e. The molecule has 1 aromatic heterocycles. The van der Waals surface area contributed by atoms with Crippen LogP contribution in [0, 0.1) is 6.92 Å². The Kier molecular flexibility index (Phi) is 5.99. The lowest BCUT2D eigenvalue weighted by atomic mass is 10.3. The minimum absolute atomic E-state index is 0.229. The van der Waals surface area contributed by atoms with E-state index in [1.165, 1.54) is 0 Å². The number of carbonyl (C=O) groups is 1. The summed E-state index contributed by atoms with van der Waals surface area (Å²) in [6, 6.07) is 0. The fraction of sp³-hybridized carbons (Fsp3) is 0.700. The van der Waals surface area contributed by atoms with Crippen molar-refractivity contribution in [2.24, 2.45) is 0 Å². The molecule has 0 fully saturated rings. The van der Waals surface area contributed by atoms with Crippen LogP contribution < -0.4 is 0 Å². The van der Waals surface area contributed by atoms with Gasteiger partial charge < -0.3 is 9.47 Å². The molecule has 7 heteroatoms. The average molecular weight is 259 g/mol. The molecule has 0 aliphatic heterocycles. The summed E-state index contributed by atoms with van der Waals surface area (Å²) in [5, 5.41) is 7.76. The standard InChI is InChI=1S/C10H17N3O3S/c1-8-9(10(14)16-6-5-15-2)11-12-13(8)4-7-17-3/h4-7H2,1-3H3. The smallest absolute Gasteiger partial charge is 0.360 e. The first-order valence-corrected chi connectivity index (χ1v) is 6.65. The Bertz CT molecular complexity index is 368. The van der Waals surface area contributed by atoms with E-state index in [4.69, 9.17) is 9.47 Å². The molecular weight excluding hydrogens is 242 g/mol. The molecule has 1 rings (SSSR count). The van der Waals surface area contributed by atoms with E-state index in [9.17, 15) is 4.79 Å². The SMILES string of the molecule is COCCOC(=O)c1nnn(CCSC)c1C. The monoisotopic (exact) mass is 259 g/mol. The van der Waals surface area contributed by atoms with E-state index in [2.05, 4.69) is 10.3 Å². The minimum Gasteiger partial charge on any atom is -0.458 e. The van der Waals surface area contributed by atoms with Gasteiger partial charge in [-0.1, -0.05) is 5.21 Å². The second-order valence-electron chi connectivity index (χ2n) is 3.37. The summed E-state index contributed by atoms with van der Waals surface area (Å²) in [6.45, 7) is 3.16. The van der Waals surface area contributed by atoms with Gasteiger partial charge in [0.2, 0.25) is 0 Å². The molecule has 0 aliphatic rings. The third-order valence-corrected chi connectivity index (χ3v) is 2.79. The highest BCUT2D eigenvalue weighted by molar-refractivity contribution is 7.98. The molecule has 0 aliphatic carbocycles. The highest BCUT2D eigenvalue weighted by Crippen LogP contribution is 2.06. The summed E-state index contributed by atoms with van der Waals surface area (Å²) >= 11 is 1.72. The Balaban J connectivity index is 2.58. The molecule has 0 radical (unpaired) electrons. The predicted octanol–water partition coefficient (Wildman–Crippen LogP) is 0.753. The molecule has 0 bridgehead atoms. The highest BCUT2D eigenvalue weighted by atomic mass is 32.2. The Morgan fingerprint density at radius 3 is 2.88 bits per heavy atom. The van der Waals surface area contributed by atoms with Crippen molar-refractivity contribution in [3.8, 4) is 0 Å². The number of ether oxygens (including phenoxy) is 2. The van der Waals surface area contributed by atoms with Gasteiger partial charge >= 0.3 is 5.97 Å². The Labute approximate surface area is 105 Å². The number of esters is 1. The van der Waals surface area contributed by atoms with Crippen molar-refractivity contribution in [2.45, 2.75) is 13.5 Å². The molecule has 0 saturated carbocycles. The van der Waals surface area contributed by atoms with Crippen molar-refractivity contribution >= 4 is 17.7 Å². The molecule has 0 amide bonds. The molecule has 0 spiro atoms. The molecular formula is C10H17N3O3S. The van der Waals surface area contributed by atoms with Crippen LogP contribution in [0.5, 0.6) is 0 Å². The Morgan fingerprint density at radius 1 is 1.47 bits per heavy atom. The zero-order chi connectivity index (χ0) is 12.7. The van der Waals surface area contributed by atoms with E-state index in [1.807, 2.05) is 13.2 Å². The minimum atomic E-state index is -0.449. The largest absolute Gasteiger partial charge is 0.458 e. The first-order valence-electron chi connectivity index (χ1n) is 5.25. The predicted molar refractivity (Wildman–Crippen MR) is 65.3 cm³/mol. The van der Waals surface area contributed by atoms with E-state index in [-0.39, 0.29) is 12.3 Å². The second kappa shape index (κ2) is 7.29. The molecule has 17 heavy (non-hydrogen) atoms. The van der Waals surface area contributed by atoms with Crippen LogP contribution in [-0.4, -0.2) is 53.3 Å². The summed E-state index contributed by atoms with van der Waals surface area (Å²) < 4.78 is 11.5. The molecule has 0 saturated heterocycles. The average Bonchev–Trinajstić information content (AvgIpc) is 2.68. The number of carbonyl (C=O) groups excluding carboxylic acids is 1. The van der Waals surface area contributed by atoms with E-state index in [0.29, 0.717) is 6.61 Å². The zero-order valence-corrected chi connectivity index (χ0v) is 11.1. The van der Waals surface area contributed by atoms with Gasteiger partial charge in [0.25, 0.3) is 0 Å². The lowest BCUT2D eigenvalue weighted by Crippen LogP contribution is -2.12. The number of hydrogen-bond acceptors (Lipinski definition) is 6. The van der Waals surface area contributed by atoms with Crippen molar-refractivity contribution in [1.29, 1.82) is 0 Å². The van der Waals surface area contributed by atoms with Crippen molar-refractivity contribution in [2.75, 3.05) is 32.3 Å². The van der Waals surface area contributed by atoms with Gasteiger partial charge in [-0.25, -0.2) is 9.48 Å². The summed E-state index contributed by atoms with van der Waals surface area (Å²) in [5.41, 5.74) is 1.02. The van der Waals surface area contributed by atoms with Gasteiger partial charge in [0.1, 0.15) is 6.61 Å². The first kappa shape index (κ1) is 14.0. The number of hydrogen-bond donors (Lipinski definition) is 0. The fourth-order valence-electron chi connectivity index (χ4n) is 1.23. The summed E-state index contributed by atoms with van der Waals surface area (Å²) in [4.78, 5) is 11.6. The van der Waals surface area contributed by atoms with E-state index < -0.39 is 5.97 Å². The summed E-state index contributed by atoms with van der Waals surface area (Å²) in [7, 11) is 1.55. The van der Waals surface area contributed by atoms with Gasteiger partial charge in [-0.3, -0.25) is 0 Å². The van der Waals surface area contributed by atoms with Crippen molar-refractivity contribution in [3.63, 3.8) is 0 Å². The third-order valence-electron chi connectivity index (χ3n) is 2.20. The van der Waals surface area contributed by atoms with E-state index in [0.717, 1.165) is 18.0 Å². The quantitative estimate of drug-likeness (QED) is 0.532. The van der Waals surface area contributed by atoms with Crippen LogP contribution in [0.4, 0.5) is 0 Å². The number of aryl methyl sites for hydroxylation is 1. The van der Waals surface area contributed by atoms with Crippen LogP contribution in [0.2, 0.25) is 0 Å². The Morgan fingerprint density at radius 2 is 2.24 bits per heavy atom. The van der Waals surface area contributed by atoms with Crippen LogP contribution in [0.1, 0.15) is 16.2 Å². The number of nitrogens with zero attached hydrogens (tertiary/aromatic N) is 3. The maximum atomic E-state index is 11.6. The van der Waals surface area contributed by atoms with Crippen LogP contribution in [0.15, 0.2) is 0 Å². The van der Waals surface area contributed by atoms with E-state index in [1.54, 1.807) is 23.6 Å². The molecule has 0 atom stereocenters. The summed E-state index contributed by atoms with van der Waals surface area (Å²) in [6.07, 6.45) is 2.02. The molecule has 1 heterocycles. The fourth-order valence-corrected chi connectivity index (χ4v) is 1.58. The highest BCUT2D eigenvalue weighted by Gasteiger charge is 2.17. The lowest BCUT2D eigenvalue weighted by Gasteiger charge is -2.03. The van der Waals surface area contributed by atoms with Gasteiger partial charge in [-0.05, 0) is 13.2 Å². The first-order chi connectivity index (χ1) is 8.20. The number of methoxy groups -OCH3 is 1. The zero-order valence-electron chi connectivity index (χ0n) is 10.3. The number of aromatic nitrogens is 3. The second-order valence-corrected chi connectivity index (χ2v) is 4.35. The summed E-state index contributed by atoms with van der Waals surface area (Å²) in [5.74, 6) is 0.484. The third kappa shape index (κ3) is 4.01. The molecule has 0 aromatic carbocycles. The van der Waals surface area contributed by atoms with Crippen molar-refractivity contribution in [3.05, 3.63) is 11.4 Å². The van der Waals surface area contributed by atoms with Crippen molar-refractivity contribution in [1.82, 2.24) is 15.0 Å². The topological polar surface area (TPSA) is 66.2 Å². The maximum absolute atomic E-state index is 11.6. The Hall–Kier alpha value is -1.08. The molecule has 6 nitrogen and oxygen atoms in total. The molecule has 96 valence electrons. The van der Waals surface area contributed by atoms with Crippen LogP contribution in [0.25, 0.3) is 0 Å². The van der Waals surface area contributed by atoms with Crippen molar-refractivity contribution < 1.29 is 14.3 Å². The van der Waals surface area contributed by atoms with Crippen LogP contribution in [-0.2, 0) is 16.0 Å². The van der Waals surface area contributed by atoms with Gasteiger partial charge in [0.15, 0.2) is 5.69 Å².